The topological polar surface area (TPSA) is 50.2 Å². The molecule has 0 saturated carbocycles. The van der Waals surface area contributed by atoms with Gasteiger partial charge in [0.2, 0.25) is 0 Å². The number of halogens is 1. The molecule has 27 heavy (non-hydrogen) atoms. The van der Waals surface area contributed by atoms with E-state index < -0.39 is 0 Å². The largest absolute Gasteiger partial charge is 0.327 e. The number of nitrogens with one attached hydrogen (secondary N) is 1. The Morgan fingerprint density at radius 2 is 1.85 bits per heavy atom. The minimum absolute atomic E-state index is 0.0524. The van der Waals surface area contributed by atoms with Crippen LogP contribution in [0.1, 0.15) is 30.0 Å². The number of nitrogens with zero attached hydrogens (tertiary/aromatic N) is 3. The van der Waals surface area contributed by atoms with E-state index >= 15 is 0 Å². The summed E-state index contributed by atoms with van der Waals surface area (Å²) in [5.74, 6) is -0.272. The van der Waals surface area contributed by atoms with E-state index in [2.05, 4.69) is 14.9 Å². The lowest BCUT2D eigenvalue weighted by molar-refractivity contribution is 0.184. The van der Waals surface area contributed by atoms with E-state index in [-0.39, 0.29) is 17.9 Å². The lowest BCUT2D eigenvalue weighted by Gasteiger charge is -2.33. The molecule has 0 bridgehead atoms. The van der Waals surface area contributed by atoms with Gasteiger partial charge in [-0.25, -0.2) is 14.2 Å². The molecule has 2 amide bonds. The van der Waals surface area contributed by atoms with Gasteiger partial charge < -0.3 is 14.8 Å². The number of hydrogen-bond donors (Lipinski definition) is 1. The highest BCUT2D eigenvalue weighted by Gasteiger charge is 2.25. The van der Waals surface area contributed by atoms with Crippen LogP contribution in [0.3, 0.4) is 0 Å². The third-order valence-electron chi connectivity index (χ3n) is 5.39. The third kappa shape index (κ3) is 3.39. The quantitative estimate of drug-likeness (QED) is 0.717. The number of anilines is 1. The highest BCUT2D eigenvalue weighted by molar-refractivity contribution is 5.91. The Morgan fingerprint density at radius 1 is 1.15 bits per heavy atom. The summed E-state index contributed by atoms with van der Waals surface area (Å²) in [6, 6.07) is 10.9. The second-order valence-electron chi connectivity index (χ2n) is 7.20. The summed E-state index contributed by atoms with van der Waals surface area (Å²) < 4.78 is 15.5. The van der Waals surface area contributed by atoms with Crippen molar-refractivity contribution in [2.45, 2.75) is 32.7 Å². The lowest BCUT2D eigenvalue weighted by Crippen LogP contribution is -2.41. The van der Waals surface area contributed by atoms with Gasteiger partial charge in [-0.05, 0) is 49.9 Å². The molecule has 1 aliphatic rings. The van der Waals surface area contributed by atoms with Gasteiger partial charge in [0.15, 0.2) is 0 Å². The fourth-order valence-electron chi connectivity index (χ4n) is 3.84. The van der Waals surface area contributed by atoms with Crippen molar-refractivity contribution < 1.29 is 9.18 Å². The Morgan fingerprint density at radius 3 is 2.56 bits per heavy atom. The third-order valence-corrected chi connectivity index (χ3v) is 5.39. The van der Waals surface area contributed by atoms with Gasteiger partial charge in [0.05, 0.1) is 17.4 Å². The zero-order chi connectivity index (χ0) is 19.0. The van der Waals surface area contributed by atoms with E-state index in [1.807, 2.05) is 36.9 Å². The molecule has 0 radical (unpaired) electrons. The summed E-state index contributed by atoms with van der Waals surface area (Å²) >= 11 is 0. The Hall–Kier alpha value is -2.89. The van der Waals surface area contributed by atoms with Crippen molar-refractivity contribution in [2.24, 2.45) is 0 Å². The van der Waals surface area contributed by atoms with Crippen molar-refractivity contribution in [3.63, 3.8) is 0 Å². The Labute approximate surface area is 157 Å². The average molecular weight is 366 g/mol. The number of imidazole rings is 1. The molecule has 5 nitrogen and oxygen atoms in total. The van der Waals surface area contributed by atoms with E-state index in [1.165, 1.54) is 12.1 Å². The molecule has 0 spiro atoms. The predicted octanol–water partition coefficient (Wildman–Crippen LogP) is 4.66. The first kappa shape index (κ1) is 17.5. The van der Waals surface area contributed by atoms with E-state index in [0.29, 0.717) is 18.6 Å². The molecule has 0 aliphatic carbocycles. The van der Waals surface area contributed by atoms with Gasteiger partial charge >= 0.3 is 6.03 Å². The van der Waals surface area contributed by atoms with Crippen LogP contribution in [0.5, 0.6) is 0 Å². The van der Waals surface area contributed by atoms with Crippen molar-refractivity contribution in [3.8, 4) is 0 Å². The second kappa shape index (κ2) is 7.02. The lowest BCUT2D eigenvalue weighted by atomic mass is 10.0. The standard InChI is InChI=1S/C21H23FN4O/c1-14-4-3-5-15(2)20(14)24-21(27)25-10-8-17(9-11-25)26-13-23-18-12-16(22)6-7-19(18)26/h3-7,12-13,17H,8-11H2,1-2H3,(H,24,27). The maximum Gasteiger partial charge on any atom is 0.321 e. The first-order valence-electron chi connectivity index (χ1n) is 9.27. The fraction of sp³-hybridized carbons (Fsp3) is 0.333. The highest BCUT2D eigenvalue weighted by atomic mass is 19.1. The molecule has 140 valence electrons. The number of carbonyl (C=O) groups is 1. The Kier molecular flexibility index (Phi) is 4.56. The highest BCUT2D eigenvalue weighted by Crippen LogP contribution is 2.28. The average Bonchev–Trinajstić information content (AvgIpc) is 3.08. The van der Waals surface area contributed by atoms with Crippen LogP contribution in [0.2, 0.25) is 0 Å². The van der Waals surface area contributed by atoms with Crippen LogP contribution in [0.4, 0.5) is 14.9 Å². The summed E-state index contributed by atoms with van der Waals surface area (Å²) in [6.45, 7) is 5.37. The molecule has 1 saturated heterocycles. The molecule has 3 aromatic rings. The molecule has 2 aromatic carbocycles. The summed E-state index contributed by atoms with van der Waals surface area (Å²) in [4.78, 5) is 18.8. The number of urea groups is 1. The van der Waals surface area contributed by atoms with Crippen molar-refractivity contribution in [1.29, 1.82) is 0 Å². The fourth-order valence-corrected chi connectivity index (χ4v) is 3.84. The molecule has 0 unspecified atom stereocenters. The van der Waals surface area contributed by atoms with Gasteiger partial charge in [0, 0.05) is 30.9 Å². The molecule has 1 fully saturated rings. The van der Waals surface area contributed by atoms with E-state index in [1.54, 1.807) is 12.4 Å². The molecule has 4 rings (SSSR count). The SMILES string of the molecule is Cc1cccc(C)c1NC(=O)N1CCC(n2cnc3cc(F)ccc32)CC1. The number of aromatic nitrogens is 2. The summed E-state index contributed by atoms with van der Waals surface area (Å²) in [5, 5.41) is 3.06. The number of piperidine rings is 1. The number of rotatable bonds is 2. The van der Waals surface area contributed by atoms with Gasteiger partial charge in [-0.3, -0.25) is 0 Å². The molecular weight excluding hydrogens is 343 g/mol. The van der Waals surface area contributed by atoms with Crippen molar-refractivity contribution >= 4 is 22.8 Å². The maximum atomic E-state index is 13.4. The van der Waals surface area contributed by atoms with E-state index in [4.69, 9.17) is 0 Å². The second-order valence-corrected chi connectivity index (χ2v) is 7.20. The molecule has 6 heteroatoms. The number of likely N-dealkylation sites (tertiary alicyclic amines) is 1. The number of aryl methyl sites for hydroxylation is 2. The zero-order valence-electron chi connectivity index (χ0n) is 15.6. The summed E-state index contributed by atoms with van der Waals surface area (Å²) in [6.07, 6.45) is 3.48. The van der Waals surface area contributed by atoms with Crippen LogP contribution in [-0.2, 0) is 0 Å². The van der Waals surface area contributed by atoms with Crippen LogP contribution in [0.15, 0.2) is 42.7 Å². The Bertz CT molecular complexity index is 969. The van der Waals surface area contributed by atoms with Crippen molar-refractivity contribution in [3.05, 3.63) is 59.7 Å². The summed E-state index contributed by atoms with van der Waals surface area (Å²) in [5.41, 5.74) is 4.64. The Balaban J connectivity index is 1.43. The first-order valence-corrected chi connectivity index (χ1v) is 9.27. The van der Waals surface area contributed by atoms with E-state index in [0.717, 1.165) is 35.2 Å². The molecule has 0 atom stereocenters. The van der Waals surface area contributed by atoms with Crippen LogP contribution in [0.25, 0.3) is 11.0 Å². The van der Waals surface area contributed by atoms with E-state index in [9.17, 15) is 9.18 Å². The molecule has 1 aliphatic heterocycles. The van der Waals surface area contributed by atoms with Gasteiger partial charge in [-0.2, -0.15) is 0 Å². The maximum absolute atomic E-state index is 13.4. The van der Waals surface area contributed by atoms with Crippen molar-refractivity contribution in [2.75, 3.05) is 18.4 Å². The zero-order valence-corrected chi connectivity index (χ0v) is 15.6. The minimum Gasteiger partial charge on any atom is -0.327 e. The predicted molar refractivity (Wildman–Crippen MR) is 104 cm³/mol. The van der Waals surface area contributed by atoms with Gasteiger partial charge in [-0.15, -0.1) is 0 Å². The number of fused-ring (bicyclic) bond motifs is 1. The number of amides is 2. The van der Waals surface area contributed by atoms with Crippen LogP contribution < -0.4 is 5.32 Å². The number of benzene rings is 2. The molecule has 2 heterocycles. The first-order chi connectivity index (χ1) is 13.0. The number of para-hydroxylation sites is 1. The van der Waals surface area contributed by atoms with Gasteiger partial charge in [0.25, 0.3) is 0 Å². The van der Waals surface area contributed by atoms with Crippen LogP contribution >= 0.6 is 0 Å². The summed E-state index contributed by atoms with van der Waals surface area (Å²) in [7, 11) is 0. The molecule has 1 N–H and O–H groups in total. The van der Waals surface area contributed by atoms with Crippen molar-refractivity contribution in [1.82, 2.24) is 14.5 Å². The normalized spacial score (nSPS) is 15.3. The number of hydrogen-bond acceptors (Lipinski definition) is 2. The minimum atomic E-state index is -0.272. The van der Waals surface area contributed by atoms with Crippen LogP contribution in [0, 0.1) is 19.7 Å². The monoisotopic (exact) mass is 366 g/mol. The molecular formula is C21H23FN4O. The molecule has 1 aromatic heterocycles. The smallest absolute Gasteiger partial charge is 0.321 e. The van der Waals surface area contributed by atoms with Gasteiger partial charge in [0.1, 0.15) is 5.82 Å². The number of carbonyl (C=O) groups excluding carboxylic acids is 1. The van der Waals surface area contributed by atoms with Gasteiger partial charge in [-0.1, -0.05) is 18.2 Å². The van der Waals surface area contributed by atoms with Crippen LogP contribution in [-0.4, -0.2) is 33.6 Å².